The number of hydrogen-bond acceptors (Lipinski definition) is 4. The van der Waals surface area contributed by atoms with Gasteiger partial charge in [-0.2, -0.15) is 0 Å². The van der Waals surface area contributed by atoms with E-state index >= 15 is 0 Å². The smallest absolute Gasteiger partial charge is 0.403 e. The molecule has 4 rings (SSSR count). The summed E-state index contributed by atoms with van der Waals surface area (Å²) in [6.45, 7) is 1.98. The van der Waals surface area contributed by atoms with Crippen LogP contribution >= 0.6 is 0 Å². The summed E-state index contributed by atoms with van der Waals surface area (Å²) in [7, 11) is 0. The molecule has 0 saturated heterocycles. The zero-order valence-electron chi connectivity index (χ0n) is 12.8. The topological polar surface area (TPSA) is 89.9 Å². The van der Waals surface area contributed by atoms with Crippen molar-refractivity contribution >= 4 is 16.8 Å². The number of aromatic nitrogens is 3. The summed E-state index contributed by atoms with van der Waals surface area (Å²) < 4.78 is 7.38. The van der Waals surface area contributed by atoms with Crippen molar-refractivity contribution in [1.29, 1.82) is 0 Å². The number of furan rings is 1. The second-order valence-electron chi connectivity index (χ2n) is 5.55. The van der Waals surface area contributed by atoms with Crippen molar-refractivity contribution in [3.63, 3.8) is 0 Å². The molecular formula is C17H14N4O3. The van der Waals surface area contributed by atoms with E-state index in [4.69, 9.17) is 4.42 Å². The van der Waals surface area contributed by atoms with Gasteiger partial charge in [0.15, 0.2) is 0 Å². The summed E-state index contributed by atoms with van der Waals surface area (Å²) in [5, 5.41) is 12.0. The fourth-order valence-electron chi connectivity index (χ4n) is 3.10. The van der Waals surface area contributed by atoms with E-state index < -0.39 is 4.92 Å². The summed E-state index contributed by atoms with van der Waals surface area (Å²) in [5.41, 5.74) is 3.00. The molecule has 7 nitrogen and oxygen atoms in total. The summed E-state index contributed by atoms with van der Waals surface area (Å²) >= 11 is 0. The number of aromatic amines is 1. The van der Waals surface area contributed by atoms with Crippen molar-refractivity contribution in [3.05, 3.63) is 82.3 Å². The maximum Gasteiger partial charge on any atom is 0.433 e. The van der Waals surface area contributed by atoms with Gasteiger partial charge in [0, 0.05) is 34.6 Å². The molecule has 0 fully saturated rings. The lowest BCUT2D eigenvalue weighted by Crippen LogP contribution is -2.10. The van der Waals surface area contributed by atoms with Crippen LogP contribution in [0.3, 0.4) is 0 Å². The summed E-state index contributed by atoms with van der Waals surface area (Å²) in [4.78, 5) is 17.9. The highest BCUT2D eigenvalue weighted by atomic mass is 16.6. The van der Waals surface area contributed by atoms with Crippen LogP contribution in [-0.2, 0) is 0 Å². The van der Waals surface area contributed by atoms with Gasteiger partial charge in [0.1, 0.15) is 16.7 Å². The second-order valence-corrected chi connectivity index (χ2v) is 5.55. The first-order valence-electron chi connectivity index (χ1n) is 7.44. The van der Waals surface area contributed by atoms with E-state index in [1.165, 1.54) is 6.07 Å². The number of hydrogen-bond donors (Lipinski definition) is 1. The molecule has 0 aliphatic rings. The van der Waals surface area contributed by atoms with Crippen LogP contribution in [-0.4, -0.2) is 19.5 Å². The first kappa shape index (κ1) is 14.3. The number of benzene rings is 1. The first-order valence-corrected chi connectivity index (χ1v) is 7.44. The van der Waals surface area contributed by atoms with Crippen LogP contribution in [0.5, 0.6) is 0 Å². The Balaban J connectivity index is 1.96. The molecule has 1 aromatic carbocycles. The van der Waals surface area contributed by atoms with E-state index in [-0.39, 0.29) is 11.9 Å². The molecule has 1 atom stereocenters. The van der Waals surface area contributed by atoms with Crippen molar-refractivity contribution in [2.75, 3.05) is 0 Å². The van der Waals surface area contributed by atoms with E-state index in [2.05, 4.69) is 9.97 Å². The maximum absolute atomic E-state index is 11.0. The quantitative estimate of drug-likeness (QED) is 0.457. The lowest BCUT2D eigenvalue weighted by Gasteiger charge is -2.17. The Hall–Kier alpha value is -3.35. The Morgan fingerprint density at radius 2 is 2.12 bits per heavy atom. The lowest BCUT2D eigenvalue weighted by atomic mass is 10.0. The normalized spacial score (nSPS) is 12.5. The van der Waals surface area contributed by atoms with Crippen LogP contribution in [0.1, 0.15) is 23.1 Å². The molecule has 0 amide bonds. The van der Waals surface area contributed by atoms with Gasteiger partial charge in [-0.1, -0.05) is 18.2 Å². The van der Waals surface area contributed by atoms with Crippen LogP contribution in [0.4, 0.5) is 5.88 Å². The molecule has 0 radical (unpaired) electrons. The molecule has 0 aliphatic carbocycles. The average molecular weight is 322 g/mol. The highest BCUT2D eigenvalue weighted by Gasteiger charge is 2.27. The first-order chi connectivity index (χ1) is 11.6. The molecule has 120 valence electrons. The van der Waals surface area contributed by atoms with Gasteiger partial charge in [-0.15, -0.1) is 0 Å². The van der Waals surface area contributed by atoms with Crippen molar-refractivity contribution in [2.45, 2.75) is 13.0 Å². The Bertz CT molecular complexity index is 1010. The van der Waals surface area contributed by atoms with E-state index in [0.29, 0.717) is 5.76 Å². The zero-order chi connectivity index (χ0) is 16.7. The van der Waals surface area contributed by atoms with Gasteiger partial charge in [0.25, 0.3) is 0 Å². The Kier molecular flexibility index (Phi) is 3.19. The third kappa shape index (κ3) is 2.18. The zero-order valence-corrected chi connectivity index (χ0v) is 12.8. The fraction of sp³-hybridized carbons (Fsp3) is 0.118. The molecule has 0 spiro atoms. The van der Waals surface area contributed by atoms with Crippen molar-refractivity contribution in [2.24, 2.45) is 0 Å². The molecule has 1 N–H and O–H groups in total. The molecule has 1 unspecified atom stereocenters. The molecular weight excluding hydrogens is 308 g/mol. The standard InChI is InChI=1S/C17H14N4O3/c1-11-16(12-4-2-3-5-13(12)19-11)17(20-9-8-18-10-20)14-6-7-15(24-14)21(22)23/h2-10,17,19H,1H3. The highest BCUT2D eigenvalue weighted by Crippen LogP contribution is 2.36. The molecule has 3 heterocycles. The Labute approximate surface area is 136 Å². The second kappa shape index (κ2) is 5.38. The molecule has 0 aliphatic heterocycles. The largest absolute Gasteiger partial charge is 0.433 e. The Morgan fingerprint density at radius 3 is 2.83 bits per heavy atom. The van der Waals surface area contributed by atoms with Gasteiger partial charge in [0.05, 0.1) is 12.4 Å². The number of H-pyrrole nitrogens is 1. The predicted octanol–water partition coefficient (Wildman–Crippen LogP) is 3.81. The average Bonchev–Trinajstić information content (AvgIpc) is 3.29. The lowest BCUT2D eigenvalue weighted by molar-refractivity contribution is -0.402. The maximum atomic E-state index is 11.0. The summed E-state index contributed by atoms with van der Waals surface area (Å²) in [6, 6.07) is 10.6. The van der Waals surface area contributed by atoms with E-state index in [1.807, 2.05) is 42.0 Å². The van der Waals surface area contributed by atoms with Gasteiger partial charge in [0.2, 0.25) is 0 Å². The number of rotatable bonds is 4. The van der Waals surface area contributed by atoms with Crippen LogP contribution in [0.15, 0.2) is 59.5 Å². The molecule has 7 heteroatoms. The van der Waals surface area contributed by atoms with Crippen LogP contribution in [0.2, 0.25) is 0 Å². The SMILES string of the molecule is Cc1[nH]c2ccccc2c1C(c1ccc([N+](=O)[O-])o1)n1ccnc1. The number of nitro groups is 1. The predicted molar refractivity (Wildman–Crippen MR) is 87.9 cm³/mol. The highest BCUT2D eigenvalue weighted by molar-refractivity contribution is 5.85. The van der Waals surface area contributed by atoms with Gasteiger partial charge in [-0.05, 0) is 19.1 Å². The van der Waals surface area contributed by atoms with Gasteiger partial charge < -0.3 is 14.0 Å². The number of nitrogens with one attached hydrogen (secondary N) is 1. The number of para-hydroxylation sites is 1. The fourth-order valence-corrected chi connectivity index (χ4v) is 3.10. The number of fused-ring (bicyclic) bond motifs is 1. The summed E-state index contributed by atoms with van der Waals surface area (Å²) in [6.07, 6.45) is 5.18. The van der Waals surface area contributed by atoms with Crippen molar-refractivity contribution in [3.8, 4) is 0 Å². The number of nitrogens with zero attached hydrogens (tertiary/aromatic N) is 3. The van der Waals surface area contributed by atoms with Crippen molar-refractivity contribution < 1.29 is 9.34 Å². The van der Waals surface area contributed by atoms with Gasteiger partial charge >= 0.3 is 5.88 Å². The minimum absolute atomic E-state index is 0.271. The van der Waals surface area contributed by atoms with Gasteiger partial charge in [-0.25, -0.2) is 4.98 Å². The minimum atomic E-state index is -0.531. The molecule has 0 saturated carbocycles. The molecule has 24 heavy (non-hydrogen) atoms. The van der Waals surface area contributed by atoms with Crippen LogP contribution in [0.25, 0.3) is 10.9 Å². The minimum Gasteiger partial charge on any atom is -0.403 e. The monoisotopic (exact) mass is 322 g/mol. The van der Waals surface area contributed by atoms with Gasteiger partial charge in [-0.3, -0.25) is 10.1 Å². The molecule has 4 aromatic rings. The number of imidazole rings is 1. The third-order valence-electron chi connectivity index (χ3n) is 4.10. The van der Waals surface area contributed by atoms with Crippen LogP contribution < -0.4 is 0 Å². The molecule has 0 bridgehead atoms. The van der Waals surface area contributed by atoms with Crippen molar-refractivity contribution in [1.82, 2.24) is 14.5 Å². The van der Waals surface area contributed by atoms with E-state index in [0.717, 1.165) is 22.2 Å². The van der Waals surface area contributed by atoms with E-state index in [9.17, 15) is 10.1 Å². The molecule has 3 aromatic heterocycles. The van der Waals surface area contributed by atoms with E-state index in [1.54, 1.807) is 18.6 Å². The Morgan fingerprint density at radius 1 is 1.29 bits per heavy atom. The third-order valence-corrected chi connectivity index (χ3v) is 4.10. The summed E-state index contributed by atoms with van der Waals surface area (Å²) in [5.74, 6) is 0.222. The number of aryl methyl sites for hydroxylation is 1. The van der Waals surface area contributed by atoms with Crippen LogP contribution in [0, 0.1) is 17.0 Å².